The lowest BCUT2D eigenvalue weighted by molar-refractivity contribution is 0.249. The van der Waals surface area contributed by atoms with Gasteiger partial charge < -0.3 is 10.8 Å². The molecule has 100 valence electrons. The fraction of sp³-hybridized carbons (Fsp3) is 0.545. The van der Waals surface area contributed by atoms with Gasteiger partial charge in [0.05, 0.1) is 0 Å². The molecular formula is C11H17N3O3S. The van der Waals surface area contributed by atoms with Crippen LogP contribution in [0.1, 0.15) is 19.3 Å². The second-order valence-electron chi connectivity index (χ2n) is 4.72. The van der Waals surface area contributed by atoms with E-state index in [2.05, 4.69) is 9.71 Å². The van der Waals surface area contributed by atoms with E-state index in [4.69, 9.17) is 10.8 Å². The first-order valence-corrected chi connectivity index (χ1v) is 7.28. The Morgan fingerprint density at radius 3 is 2.67 bits per heavy atom. The number of nitrogens with two attached hydrogens (primary N) is 1. The number of hydrogen-bond acceptors (Lipinski definition) is 5. The summed E-state index contributed by atoms with van der Waals surface area (Å²) in [6.07, 6.45) is 3.78. The number of anilines is 1. The number of nitrogens with one attached hydrogen (secondary N) is 1. The summed E-state index contributed by atoms with van der Waals surface area (Å²) in [6.45, 7) is 0.450. The van der Waals surface area contributed by atoms with Gasteiger partial charge in [0.25, 0.3) is 0 Å². The number of nitrogen functional groups attached to an aromatic ring is 1. The Labute approximate surface area is 106 Å². The van der Waals surface area contributed by atoms with Crippen LogP contribution in [-0.2, 0) is 10.0 Å². The number of hydrogen-bond donors (Lipinski definition) is 3. The van der Waals surface area contributed by atoms with Crippen molar-refractivity contribution < 1.29 is 13.5 Å². The van der Waals surface area contributed by atoms with Crippen molar-refractivity contribution in [3.05, 3.63) is 18.3 Å². The third-order valence-electron chi connectivity index (χ3n) is 3.31. The Bertz CT molecular complexity index is 509. The molecule has 0 atom stereocenters. The molecule has 0 amide bonds. The van der Waals surface area contributed by atoms with Crippen molar-refractivity contribution in [3.8, 4) is 0 Å². The van der Waals surface area contributed by atoms with Crippen LogP contribution in [0.5, 0.6) is 0 Å². The number of pyridine rings is 1. The molecule has 1 aliphatic rings. The van der Waals surface area contributed by atoms with Crippen LogP contribution in [-0.4, -0.2) is 31.7 Å². The molecule has 7 heteroatoms. The Balaban J connectivity index is 2.02. The molecule has 0 radical (unpaired) electrons. The molecule has 18 heavy (non-hydrogen) atoms. The molecule has 1 aromatic rings. The van der Waals surface area contributed by atoms with Gasteiger partial charge in [-0.2, -0.15) is 0 Å². The van der Waals surface area contributed by atoms with Crippen LogP contribution in [0, 0.1) is 5.41 Å². The first kappa shape index (κ1) is 13.3. The van der Waals surface area contributed by atoms with Gasteiger partial charge in [-0.05, 0) is 36.8 Å². The van der Waals surface area contributed by atoms with Crippen LogP contribution in [0.3, 0.4) is 0 Å². The van der Waals surface area contributed by atoms with Gasteiger partial charge in [0.2, 0.25) is 10.0 Å². The lowest BCUT2D eigenvalue weighted by atomic mass is 10.0. The van der Waals surface area contributed by atoms with Crippen LogP contribution < -0.4 is 10.5 Å². The molecule has 1 aliphatic carbocycles. The largest absolute Gasteiger partial charge is 0.396 e. The minimum atomic E-state index is -3.54. The molecule has 4 N–H and O–H groups in total. The van der Waals surface area contributed by atoms with Crippen molar-refractivity contribution in [2.45, 2.75) is 24.2 Å². The topological polar surface area (TPSA) is 105 Å². The Morgan fingerprint density at radius 1 is 1.44 bits per heavy atom. The van der Waals surface area contributed by atoms with Crippen LogP contribution in [0.15, 0.2) is 23.2 Å². The SMILES string of the molecule is Nc1ccc(S(=O)(=O)NCC2(CCO)CC2)cn1. The lowest BCUT2D eigenvalue weighted by Crippen LogP contribution is -2.30. The summed E-state index contributed by atoms with van der Waals surface area (Å²) in [7, 11) is -3.54. The molecule has 2 rings (SSSR count). The zero-order valence-corrected chi connectivity index (χ0v) is 10.8. The van der Waals surface area contributed by atoms with Crippen molar-refractivity contribution in [2.75, 3.05) is 18.9 Å². The maximum Gasteiger partial charge on any atom is 0.242 e. The fourth-order valence-corrected chi connectivity index (χ4v) is 2.91. The zero-order chi connectivity index (χ0) is 13.2. The van der Waals surface area contributed by atoms with Crippen molar-refractivity contribution in [1.29, 1.82) is 0 Å². The van der Waals surface area contributed by atoms with Gasteiger partial charge in [0.1, 0.15) is 10.7 Å². The fourth-order valence-electron chi connectivity index (χ4n) is 1.81. The highest BCUT2D eigenvalue weighted by molar-refractivity contribution is 7.89. The summed E-state index contributed by atoms with van der Waals surface area (Å²) < 4.78 is 26.5. The summed E-state index contributed by atoms with van der Waals surface area (Å²) in [5.41, 5.74) is 5.36. The van der Waals surface area contributed by atoms with E-state index in [0.29, 0.717) is 13.0 Å². The highest BCUT2D eigenvalue weighted by atomic mass is 32.2. The van der Waals surface area contributed by atoms with Crippen molar-refractivity contribution in [2.24, 2.45) is 5.41 Å². The first-order valence-electron chi connectivity index (χ1n) is 5.80. The van der Waals surface area contributed by atoms with E-state index in [1.54, 1.807) is 0 Å². The summed E-state index contributed by atoms with van der Waals surface area (Å²) >= 11 is 0. The molecule has 1 heterocycles. The average molecular weight is 271 g/mol. The van der Waals surface area contributed by atoms with Gasteiger partial charge in [0, 0.05) is 19.3 Å². The summed E-state index contributed by atoms with van der Waals surface area (Å²) in [5.74, 6) is 0.285. The predicted molar refractivity (Wildman–Crippen MR) is 67.2 cm³/mol. The first-order chi connectivity index (χ1) is 8.47. The van der Waals surface area contributed by atoms with Gasteiger partial charge in [-0.1, -0.05) is 0 Å². The molecule has 1 fully saturated rings. The Hall–Kier alpha value is -1.18. The number of nitrogens with zero attached hydrogens (tertiary/aromatic N) is 1. The van der Waals surface area contributed by atoms with E-state index in [0.717, 1.165) is 12.8 Å². The Morgan fingerprint density at radius 2 is 2.17 bits per heavy atom. The summed E-state index contributed by atoms with van der Waals surface area (Å²) in [5, 5.41) is 8.92. The maximum absolute atomic E-state index is 12.0. The molecule has 1 saturated carbocycles. The van der Waals surface area contributed by atoms with E-state index >= 15 is 0 Å². The minimum Gasteiger partial charge on any atom is -0.396 e. The molecule has 1 aromatic heterocycles. The smallest absolute Gasteiger partial charge is 0.242 e. The van der Waals surface area contributed by atoms with Crippen molar-refractivity contribution in [3.63, 3.8) is 0 Å². The quantitative estimate of drug-likeness (QED) is 0.680. The van der Waals surface area contributed by atoms with Crippen LogP contribution in [0.25, 0.3) is 0 Å². The van der Waals surface area contributed by atoms with E-state index in [1.165, 1.54) is 18.3 Å². The highest BCUT2D eigenvalue weighted by Crippen LogP contribution is 2.48. The Kier molecular flexibility index (Phi) is 3.56. The predicted octanol–water partition coefficient (Wildman–Crippen LogP) is 0.105. The molecule has 6 nitrogen and oxygen atoms in total. The second kappa shape index (κ2) is 4.83. The molecule has 0 aliphatic heterocycles. The summed E-state index contributed by atoms with van der Waals surface area (Å²) in [6, 6.07) is 2.88. The van der Waals surface area contributed by atoms with E-state index in [9.17, 15) is 8.42 Å². The zero-order valence-electron chi connectivity index (χ0n) is 9.96. The van der Waals surface area contributed by atoms with Crippen LogP contribution in [0.2, 0.25) is 0 Å². The standard InChI is InChI=1S/C11H17N3O3S/c12-10-2-1-9(7-13-10)18(16,17)14-8-11(3-4-11)5-6-15/h1-2,7,14-15H,3-6,8H2,(H2,12,13). The third-order valence-corrected chi connectivity index (χ3v) is 4.69. The van der Waals surface area contributed by atoms with Gasteiger partial charge in [-0.25, -0.2) is 18.1 Å². The highest BCUT2D eigenvalue weighted by Gasteiger charge is 2.42. The molecular weight excluding hydrogens is 254 g/mol. The van der Waals surface area contributed by atoms with Crippen molar-refractivity contribution in [1.82, 2.24) is 9.71 Å². The molecule has 0 saturated heterocycles. The number of aliphatic hydroxyl groups is 1. The molecule has 0 aromatic carbocycles. The van der Waals surface area contributed by atoms with Crippen LogP contribution >= 0.6 is 0 Å². The normalized spacial score (nSPS) is 17.6. The number of rotatable bonds is 6. The molecule has 0 spiro atoms. The van der Waals surface area contributed by atoms with E-state index < -0.39 is 10.0 Å². The minimum absolute atomic E-state index is 0.0525. The monoisotopic (exact) mass is 271 g/mol. The van der Waals surface area contributed by atoms with Crippen LogP contribution in [0.4, 0.5) is 5.82 Å². The van der Waals surface area contributed by atoms with Gasteiger partial charge in [0.15, 0.2) is 0 Å². The number of aromatic nitrogens is 1. The van der Waals surface area contributed by atoms with Crippen molar-refractivity contribution >= 4 is 15.8 Å². The number of sulfonamides is 1. The van der Waals surface area contributed by atoms with Gasteiger partial charge >= 0.3 is 0 Å². The van der Waals surface area contributed by atoms with E-state index in [-0.39, 0.29) is 22.7 Å². The maximum atomic E-state index is 12.0. The molecule has 0 unspecified atom stereocenters. The number of aliphatic hydroxyl groups excluding tert-OH is 1. The molecule has 0 bridgehead atoms. The summed E-state index contributed by atoms with van der Waals surface area (Å²) in [4.78, 5) is 3.87. The third kappa shape index (κ3) is 2.98. The van der Waals surface area contributed by atoms with Gasteiger partial charge in [-0.15, -0.1) is 0 Å². The van der Waals surface area contributed by atoms with Gasteiger partial charge in [-0.3, -0.25) is 0 Å². The average Bonchev–Trinajstić information content (AvgIpc) is 3.08. The second-order valence-corrected chi connectivity index (χ2v) is 6.48. The lowest BCUT2D eigenvalue weighted by Gasteiger charge is -2.14. The van der Waals surface area contributed by atoms with E-state index in [1.807, 2.05) is 0 Å².